The highest BCUT2D eigenvalue weighted by Crippen LogP contribution is 2.22. The van der Waals surface area contributed by atoms with Gasteiger partial charge in [-0.1, -0.05) is 18.2 Å². The molecule has 0 bridgehead atoms. The van der Waals surface area contributed by atoms with Crippen molar-refractivity contribution >= 4 is 15.9 Å². The number of nitrogens with one attached hydrogen (secondary N) is 1. The number of likely N-dealkylation sites (N-methyl/N-ethyl adjacent to an activating group) is 1. The van der Waals surface area contributed by atoms with Gasteiger partial charge in [0.05, 0.1) is 18.8 Å². The van der Waals surface area contributed by atoms with Gasteiger partial charge in [0.2, 0.25) is 15.9 Å². The average Bonchev–Trinajstić information content (AvgIpc) is 2.36. The molecule has 0 fully saturated rings. The fourth-order valence-electron chi connectivity index (χ4n) is 1.92. The smallest absolute Gasteiger partial charge is 0.235 e. The molecule has 0 heterocycles. The van der Waals surface area contributed by atoms with Gasteiger partial charge in [-0.3, -0.25) is 4.79 Å². The molecular weight excluding hydrogens is 304 g/mol. The molecule has 0 saturated heterocycles. The SMILES string of the molecule is Cc1cccc(C)c1OCC(C)NC(=O)CN(C)S(C)(=O)=O. The highest BCUT2D eigenvalue weighted by molar-refractivity contribution is 7.88. The van der Waals surface area contributed by atoms with E-state index >= 15 is 0 Å². The zero-order valence-corrected chi connectivity index (χ0v) is 14.5. The Kier molecular flexibility index (Phi) is 6.37. The van der Waals surface area contributed by atoms with Crippen molar-refractivity contribution in [1.82, 2.24) is 9.62 Å². The number of sulfonamides is 1. The monoisotopic (exact) mass is 328 g/mol. The summed E-state index contributed by atoms with van der Waals surface area (Å²) in [5, 5.41) is 2.72. The van der Waals surface area contributed by atoms with E-state index < -0.39 is 10.0 Å². The van der Waals surface area contributed by atoms with Crippen molar-refractivity contribution in [2.24, 2.45) is 0 Å². The number of rotatable bonds is 7. The van der Waals surface area contributed by atoms with Gasteiger partial charge in [0, 0.05) is 7.05 Å². The number of nitrogens with zero attached hydrogens (tertiary/aromatic N) is 1. The zero-order valence-electron chi connectivity index (χ0n) is 13.7. The van der Waals surface area contributed by atoms with E-state index in [1.54, 1.807) is 0 Å². The Labute approximate surface area is 132 Å². The maximum atomic E-state index is 11.8. The predicted molar refractivity (Wildman–Crippen MR) is 86.5 cm³/mol. The van der Waals surface area contributed by atoms with Crippen LogP contribution in [0.1, 0.15) is 18.1 Å². The molecule has 1 atom stereocenters. The first-order chi connectivity index (χ1) is 10.1. The van der Waals surface area contributed by atoms with Crippen LogP contribution in [0.4, 0.5) is 0 Å². The van der Waals surface area contributed by atoms with E-state index in [9.17, 15) is 13.2 Å². The molecule has 6 nitrogen and oxygen atoms in total. The van der Waals surface area contributed by atoms with Crippen LogP contribution in [0.3, 0.4) is 0 Å². The van der Waals surface area contributed by atoms with Gasteiger partial charge in [-0.25, -0.2) is 8.42 Å². The highest BCUT2D eigenvalue weighted by atomic mass is 32.2. The molecule has 1 N–H and O–H groups in total. The number of carbonyl (C=O) groups is 1. The largest absolute Gasteiger partial charge is 0.491 e. The summed E-state index contributed by atoms with van der Waals surface area (Å²) in [5.41, 5.74) is 2.07. The normalized spacial score (nSPS) is 13.0. The number of aryl methyl sites for hydroxylation is 2. The molecule has 0 saturated carbocycles. The van der Waals surface area contributed by atoms with E-state index in [0.717, 1.165) is 27.4 Å². The van der Waals surface area contributed by atoms with Crippen molar-refractivity contribution in [2.75, 3.05) is 26.5 Å². The van der Waals surface area contributed by atoms with Gasteiger partial charge in [0.1, 0.15) is 12.4 Å². The van der Waals surface area contributed by atoms with Crippen LogP contribution in [-0.4, -0.2) is 51.1 Å². The second kappa shape index (κ2) is 7.60. The third-order valence-electron chi connectivity index (χ3n) is 3.23. The minimum Gasteiger partial charge on any atom is -0.491 e. The summed E-state index contributed by atoms with van der Waals surface area (Å²) in [5.74, 6) is 0.461. The minimum atomic E-state index is -3.36. The van der Waals surface area contributed by atoms with Crippen LogP contribution in [0, 0.1) is 13.8 Å². The first-order valence-electron chi connectivity index (χ1n) is 7.01. The number of hydrogen-bond acceptors (Lipinski definition) is 4. The lowest BCUT2D eigenvalue weighted by Crippen LogP contribution is -2.43. The summed E-state index contributed by atoms with van der Waals surface area (Å²) in [6.45, 7) is 5.86. The second-order valence-corrected chi connectivity index (χ2v) is 7.61. The maximum absolute atomic E-state index is 11.8. The molecule has 1 rings (SSSR count). The lowest BCUT2D eigenvalue weighted by Gasteiger charge is -2.19. The Morgan fingerprint density at radius 1 is 1.32 bits per heavy atom. The summed E-state index contributed by atoms with van der Waals surface area (Å²) in [7, 11) is -1.99. The second-order valence-electron chi connectivity index (χ2n) is 5.52. The summed E-state index contributed by atoms with van der Waals surface area (Å²) in [6.07, 6.45) is 1.06. The Morgan fingerprint density at radius 3 is 2.36 bits per heavy atom. The van der Waals surface area contributed by atoms with Crippen molar-refractivity contribution in [3.63, 3.8) is 0 Å². The van der Waals surface area contributed by atoms with Gasteiger partial charge in [-0.2, -0.15) is 4.31 Å². The molecule has 1 unspecified atom stereocenters. The van der Waals surface area contributed by atoms with Crippen molar-refractivity contribution in [1.29, 1.82) is 0 Å². The first-order valence-corrected chi connectivity index (χ1v) is 8.85. The van der Waals surface area contributed by atoms with Crippen LogP contribution in [0.25, 0.3) is 0 Å². The maximum Gasteiger partial charge on any atom is 0.235 e. The molecule has 0 spiro atoms. The van der Waals surface area contributed by atoms with Gasteiger partial charge >= 0.3 is 0 Å². The molecule has 0 aliphatic heterocycles. The van der Waals surface area contributed by atoms with Crippen molar-refractivity contribution in [2.45, 2.75) is 26.8 Å². The van der Waals surface area contributed by atoms with Gasteiger partial charge in [-0.15, -0.1) is 0 Å². The standard InChI is InChI=1S/C15H24N2O4S/c1-11-7-6-8-12(2)15(11)21-10-13(3)16-14(18)9-17(4)22(5,19)20/h6-8,13H,9-10H2,1-5H3,(H,16,18). The number of amides is 1. The van der Waals surface area contributed by atoms with Crippen LogP contribution < -0.4 is 10.1 Å². The Hall–Kier alpha value is -1.60. The van der Waals surface area contributed by atoms with E-state index in [-0.39, 0.29) is 18.5 Å². The Bertz CT molecular complexity index is 608. The topological polar surface area (TPSA) is 75.7 Å². The fourth-order valence-corrected chi connectivity index (χ4v) is 2.27. The van der Waals surface area contributed by atoms with E-state index in [0.29, 0.717) is 6.61 Å². The number of benzene rings is 1. The third-order valence-corrected chi connectivity index (χ3v) is 4.49. The molecule has 1 aromatic carbocycles. The number of para-hydroxylation sites is 1. The van der Waals surface area contributed by atoms with Crippen LogP contribution in [-0.2, 0) is 14.8 Å². The Morgan fingerprint density at radius 2 is 1.86 bits per heavy atom. The van der Waals surface area contributed by atoms with E-state index in [1.807, 2.05) is 39.0 Å². The molecule has 124 valence electrons. The van der Waals surface area contributed by atoms with Crippen molar-refractivity contribution in [3.05, 3.63) is 29.3 Å². The summed E-state index contributed by atoms with van der Waals surface area (Å²) >= 11 is 0. The molecular formula is C15H24N2O4S. The average molecular weight is 328 g/mol. The number of ether oxygens (including phenoxy) is 1. The molecule has 1 aromatic rings. The highest BCUT2D eigenvalue weighted by Gasteiger charge is 2.16. The molecule has 0 aromatic heterocycles. The first kappa shape index (κ1) is 18.4. The van der Waals surface area contributed by atoms with E-state index in [2.05, 4.69) is 5.32 Å². The van der Waals surface area contributed by atoms with Gasteiger partial charge in [-0.05, 0) is 31.9 Å². The molecule has 0 aliphatic carbocycles. The minimum absolute atomic E-state index is 0.202. The predicted octanol–water partition coefficient (Wildman–Crippen LogP) is 1.08. The zero-order chi connectivity index (χ0) is 16.9. The number of hydrogen-bond donors (Lipinski definition) is 1. The lowest BCUT2D eigenvalue weighted by molar-refractivity contribution is -0.121. The van der Waals surface area contributed by atoms with Crippen molar-refractivity contribution < 1.29 is 17.9 Å². The molecule has 22 heavy (non-hydrogen) atoms. The van der Waals surface area contributed by atoms with Crippen LogP contribution in [0.15, 0.2) is 18.2 Å². The summed E-state index contributed by atoms with van der Waals surface area (Å²) in [4.78, 5) is 11.8. The summed E-state index contributed by atoms with van der Waals surface area (Å²) < 4.78 is 29.3. The summed E-state index contributed by atoms with van der Waals surface area (Å²) in [6, 6.07) is 5.67. The molecule has 7 heteroatoms. The van der Waals surface area contributed by atoms with Crippen LogP contribution in [0.5, 0.6) is 5.75 Å². The van der Waals surface area contributed by atoms with Crippen molar-refractivity contribution in [3.8, 4) is 5.75 Å². The molecule has 0 aliphatic rings. The van der Waals surface area contributed by atoms with E-state index in [4.69, 9.17) is 4.74 Å². The van der Waals surface area contributed by atoms with Gasteiger partial charge in [0.25, 0.3) is 0 Å². The lowest BCUT2D eigenvalue weighted by atomic mass is 10.1. The number of carbonyl (C=O) groups excluding carboxylic acids is 1. The fraction of sp³-hybridized carbons (Fsp3) is 0.533. The third kappa shape index (κ3) is 5.65. The van der Waals surface area contributed by atoms with Gasteiger partial charge < -0.3 is 10.1 Å². The quantitative estimate of drug-likeness (QED) is 0.812. The molecule has 0 radical (unpaired) electrons. The van der Waals surface area contributed by atoms with Crippen LogP contribution >= 0.6 is 0 Å². The van der Waals surface area contributed by atoms with Gasteiger partial charge in [0.15, 0.2) is 0 Å². The Balaban J connectivity index is 2.50. The van der Waals surface area contributed by atoms with Crippen LogP contribution in [0.2, 0.25) is 0 Å². The molecule has 1 amide bonds. The van der Waals surface area contributed by atoms with E-state index in [1.165, 1.54) is 7.05 Å².